The van der Waals surface area contributed by atoms with E-state index in [2.05, 4.69) is 20.9 Å². The minimum Gasteiger partial charge on any atom is -0.437 e. The summed E-state index contributed by atoms with van der Waals surface area (Å²) in [4.78, 5) is 4.17. The van der Waals surface area contributed by atoms with Crippen LogP contribution in [0.1, 0.15) is 5.56 Å². The Kier molecular flexibility index (Phi) is 3.92. The SMILES string of the molecule is Cc1cc(Br)cnc1Oc1cc(Cl)ccc1Cl. The molecule has 0 spiro atoms. The van der Waals surface area contributed by atoms with E-state index in [1.54, 1.807) is 24.4 Å². The Balaban J connectivity index is 2.34. The van der Waals surface area contributed by atoms with Crippen LogP contribution < -0.4 is 4.74 Å². The van der Waals surface area contributed by atoms with Gasteiger partial charge in [-0.15, -0.1) is 0 Å². The first-order valence-electron chi connectivity index (χ1n) is 4.81. The second-order valence-electron chi connectivity index (χ2n) is 3.45. The van der Waals surface area contributed by atoms with Crippen LogP contribution in [0.25, 0.3) is 0 Å². The summed E-state index contributed by atoms with van der Waals surface area (Å²) in [6, 6.07) is 6.97. The van der Waals surface area contributed by atoms with Gasteiger partial charge in [-0.3, -0.25) is 0 Å². The van der Waals surface area contributed by atoms with Crippen molar-refractivity contribution in [2.45, 2.75) is 6.92 Å². The Morgan fingerprint density at radius 1 is 1.24 bits per heavy atom. The molecule has 2 aromatic rings. The van der Waals surface area contributed by atoms with E-state index in [-0.39, 0.29) is 0 Å². The second kappa shape index (κ2) is 5.25. The van der Waals surface area contributed by atoms with Gasteiger partial charge in [-0.2, -0.15) is 0 Å². The Labute approximate surface area is 118 Å². The van der Waals surface area contributed by atoms with Crippen LogP contribution in [0.4, 0.5) is 0 Å². The first kappa shape index (κ1) is 12.7. The van der Waals surface area contributed by atoms with E-state index in [1.165, 1.54) is 0 Å². The van der Waals surface area contributed by atoms with Crippen LogP contribution in [0.5, 0.6) is 11.6 Å². The predicted molar refractivity (Wildman–Crippen MR) is 73.2 cm³/mol. The molecule has 1 aromatic carbocycles. The van der Waals surface area contributed by atoms with Crippen LogP contribution in [0.15, 0.2) is 34.9 Å². The molecule has 0 saturated carbocycles. The van der Waals surface area contributed by atoms with Crippen LogP contribution in [-0.4, -0.2) is 4.98 Å². The number of ether oxygens (including phenoxy) is 1. The first-order chi connectivity index (χ1) is 8.06. The number of halogens is 3. The molecule has 0 aliphatic carbocycles. The number of benzene rings is 1. The minimum atomic E-state index is 0.497. The fourth-order valence-electron chi connectivity index (χ4n) is 1.29. The molecule has 0 saturated heterocycles. The molecule has 0 bridgehead atoms. The topological polar surface area (TPSA) is 22.1 Å². The standard InChI is InChI=1S/C12H8BrCl2NO/c1-7-4-8(13)6-16-12(7)17-11-5-9(14)2-3-10(11)15/h2-6H,1H3. The third-order valence-corrected chi connectivity index (χ3v) is 3.08. The smallest absolute Gasteiger partial charge is 0.222 e. The number of aryl methyl sites for hydroxylation is 1. The van der Waals surface area contributed by atoms with E-state index in [4.69, 9.17) is 27.9 Å². The van der Waals surface area contributed by atoms with Crippen LogP contribution in [-0.2, 0) is 0 Å². The average molecular weight is 333 g/mol. The fraction of sp³-hybridized carbons (Fsp3) is 0.0833. The highest BCUT2D eigenvalue weighted by Gasteiger charge is 2.07. The summed E-state index contributed by atoms with van der Waals surface area (Å²) in [5.74, 6) is 1.01. The van der Waals surface area contributed by atoms with Crippen LogP contribution in [0.3, 0.4) is 0 Å². The summed E-state index contributed by atoms with van der Waals surface area (Å²) in [5, 5.41) is 1.07. The first-order valence-corrected chi connectivity index (χ1v) is 6.36. The zero-order valence-electron chi connectivity index (χ0n) is 8.88. The Morgan fingerprint density at radius 2 is 2.00 bits per heavy atom. The molecule has 1 heterocycles. The maximum Gasteiger partial charge on any atom is 0.222 e. The maximum absolute atomic E-state index is 6.01. The van der Waals surface area contributed by atoms with Crippen molar-refractivity contribution in [3.8, 4) is 11.6 Å². The number of aromatic nitrogens is 1. The van der Waals surface area contributed by atoms with E-state index < -0.39 is 0 Å². The van der Waals surface area contributed by atoms with Gasteiger partial charge < -0.3 is 4.74 Å². The van der Waals surface area contributed by atoms with Gasteiger partial charge in [0.15, 0.2) is 0 Å². The van der Waals surface area contributed by atoms with Gasteiger partial charge in [-0.05, 0) is 41.1 Å². The number of pyridine rings is 1. The van der Waals surface area contributed by atoms with Crippen LogP contribution in [0.2, 0.25) is 10.0 Å². The Bertz CT molecular complexity index is 560. The van der Waals surface area contributed by atoms with Gasteiger partial charge in [0.25, 0.3) is 0 Å². The van der Waals surface area contributed by atoms with E-state index in [9.17, 15) is 0 Å². The van der Waals surface area contributed by atoms with Crippen molar-refractivity contribution in [1.82, 2.24) is 4.98 Å². The normalized spacial score (nSPS) is 10.4. The molecule has 2 nitrogen and oxygen atoms in total. The lowest BCUT2D eigenvalue weighted by molar-refractivity contribution is 0.459. The lowest BCUT2D eigenvalue weighted by Crippen LogP contribution is -1.91. The molecule has 0 aliphatic heterocycles. The summed E-state index contributed by atoms with van der Waals surface area (Å²) in [7, 11) is 0. The van der Waals surface area contributed by atoms with Crippen LogP contribution in [0, 0.1) is 6.92 Å². The van der Waals surface area contributed by atoms with Crippen molar-refractivity contribution < 1.29 is 4.74 Å². The van der Waals surface area contributed by atoms with E-state index >= 15 is 0 Å². The molecule has 17 heavy (non-hydrogen) atoms. The molecule has 1 aromatic heterocycles. The Hall–Kier alpha value is -0.770. The monoisotopic (exact) mass is 331 g/mol. The van der Waals surface area contributed by atoms with Gasteiger partial charge in [0, 0.05) is 27.3 Å². The van der Waals surface area contributed by atoms with Crippen molar-refractivity contribution in [3.05, 3.63) is 50.5 Å². The van der Waals surface area contributed by atoms with E-state index in [1.807, 2.05) is 13.0 Å². The van der Waals surface area contributed by atoms with Crippen molar-refractivity contribution in [3.63, 3.8) is 0 Å². The minimum absolute atomic E-state index is 0.497. The van der Waals surface area contributed by atoms with Gasteiger partial charge >= 0.3 is 0 Å². The predicted octanol–water partition coefficient (Wildman–Crippen LogP) is 5.25. The molecule has 0 unspecified atom stereocenters. The van der Waals surface area contributed by atoms with Gasteiger partial charge in [0.2, 0.25) is 5.88 Å². The molecule has 0 aliphatic rings. The summed E-state index contributed by atoms with van der Waals surface area (Å²) in [5.41, 5.74) is 0.912. The van der Waals surface area contributed by atoms with Crippen molar-refractivity contribution in [1.29, 1.82) is 0 Å². The quantitative estimate of drug-likeness (QED) is 0.749. The largest absolute Gasteiger partial charge is 0.437 e. The lowest BCUT2D eigenvalue weighted by atomic mass is 10.3. The molecule has 0 fully saturated rings. The molecule has 5 heteroatoms. The third-order valence-electron chi connectivity index (χ3n) is 2.10. The molecular formula is C12H8BrCl2NO. The highest BCUT2D eigenvalue weighted by atomic mass is 79.9. The molecule has 0 radical (unpaired) electrons. The molecule has 2 rings (SSSR count). The van der Waals surface area contributed by atoms with Crippen LogP contribution >= 0.6 is 39.1 Å². The van der Waals surface area contributed by atoms with Gasteiger partial charge in [-0.1, -0.05) is 23.2 Å². The number of hydrogen-bond donors (Lipinski definition) is 0. The zero-order chi connectivity index (χ0) is 12.4. The van der Waals surface area contributed by atoms with Crippen molar-refractivity contribution in [2.75, 3.05) is 0 Å². The summed E-state index contributed by atoms with van der Waals surface area (Å²) < 4.78 is 6.53. The van der Waals surface area contributed by atoms with Crippen molar-refractivity contribution in [2.24, 2.45) is 0 Å². The van der Waals surface area contributed by atoms with Gasteiger partial charge in [0.05, 0.1) is 5.02 Å². The second-order valence-corrected chi connectivity index (χ2v) is 5.21. The maximum atomic E-state index is 6.01. The molecule has 0 amide bonds. The summed E-state index contributed by atoms with van der Waals surface area (Å²) in [6.07, 6.45) is 1.67. The summed E-state index contributed by atoms with van der Waals surface area (Å²) >= 11 is 15.2. The van der Waals surface area contributed by atoms with Crippen molar-refractivity contribution >= 4 is 39.1 Å². The number of rotatable bonds is 2. The molecule has 88 valence electrons. The molecule has 0 N–H and O–H groups in total. The zero-order valence-corrected chi connectivity index (χ0v) is 12.0. The Morgan fingerprint density at radius 3 is 2.71 bits per heavy atom. The van der Waals surface area contributed by atoms with E-state index in [0.717, 1.165) is 10.0 Å². The highest BCUT2D eigenvalue weighted by molar-refractivity contribution is 9.10. The fourth-order valence-corrected chi connectivity index (χ4v) is 2.06. The van der Waals surface area contributed by atoms with Gasteiger partial charge in [0.1, 0.15) is 5.75 Å². The van der Waals surface area contributed by atoms with E-state index in [0.29, 0.717) is 21.7 Å². The molecule has 0 atom stereocenters. The average Bonchev–Trinajstić information content (AvgIpc) is 2.27. The number of nitrogens with zero attached hydrogens (tertiary/aromatic N) is 1. The third kappa shape index (κ3) is 3.12. The summed E-state index contributed by atoms with van der Waals surface area (Å²) in [6.45, 7) is 1.91. The lowest BCUT2D eigenvalue weighted by Gasteiger charge is -2.09. The highest BCUT2D eigenvalue weighted by Crippen LogP contribution is 2.32. The number of hydrogen-bond acceptors (Lipinski definition) is 2. The van der Waals surface area contributed by atoms with Gasteiger partial charge in [-0.25, -0.2) is 4.98 Å². The molecular weight excluding hydrogens is 325 g/mol.